The van der Waals surface area contributed by atoms with Crippen LogP contribution < -0.4 is 5.32 Å². The molecule has 1 atom stereocenters. The van der Waals surface area contributed by atoms with E-state index in [-0.39, 0.29) is 0 Å². The summed E-state index contributed by atoms with van der Waals surface area (Å²) in [7, 11) is 0. The highest BCUT2D eigenvalue weighted by molar-refractivity contribution is 7.99. The Kier molecular flexibility index (Phi) is 4.81. The predicted octanol–water partition coefficient (Wildman–Crippen LogP) is 2.60. The molecule has 1 N–H and O–H groups in total. The number of piperidine rings is 1. The minimum absolute atomic E-state index is 0.732. The van der Waals surface area contributed by atoms with Crippen LogP contribution in [-0.2, 0) is 6.42 Å². The highest BCUT2D eigenvalue weighted by Gasteiger charge is 2.23. The molecule has 1 aromatic rings. The molecule has 0 radical (unpaired) electrons. The molecule has 0 saturated carbocycles. The van der Waals surface area contributed by atoms with E-state index in [0.717, 1.165) is 17.8 Å². The summed E-state index contributed by atoms with van der Waals surface area (Å²) in [5, 5.41) is 3.58. The summed E-state index contributed by atoms with van der Waals surface area (Å²) in [6.07, 6.45) is 4.01. The Morgan fingerprint density at radius 2 is 1.95 bits per heavy atom. The molecule has 0 spiro atoms. The molecule has 3 heteroatoms. The van der Waals surface area contributed by atoms with E-state index in [4.69, 9.17) is 0 Å². The van der Waals surface area contributed by atoms with Crippen LogP contribution in [0.25, 0.3) is 0 Å². The van der Waals surface area contributed by atoms with Gasteiger partial charge in [-0.05, 0) is 43.8 Å². The van der Waals surface area contributed by atoms with Crippen LogP contribution >= 0.6 is 11.8 Å². The van der Waals surface area contributed by atoms with Gasteiger partial charge in [0.25, 0.3) is 0 Å². The molecule has 0 amide bonds. The average molecular weight is 276 g/mol. The van der Waals surface area contributed by atoms with Crippen molar-refractivity contribution >= 4 is 11.8 Å². The first-order valence-corrected chi connectivity index (χ1v) is 8.63. The molecule has 3 rings (SSSR count). The number of likely N-dealkylation sites (tertiary alicyclic amines) is 1. The summed E-state index contributed by atoms with van der Waals surface area (Å²) in [6.45, 7) is 3.84. The Morgan fingerprint density at radius 3 is 2.63 bits per heavy atom. The first kappa shape index (κ1) is 13.5. The molecule has 19 heavy (non-hydrogen) atoms. The number of nitrogens with zero attached hydrogens (tertiary/aromatic N) is 1. The van der Waals surface area contributed by atoms with Gasteiger partial charge >= 0.3 is 0 Å². The normalized spacial score (nSPS) is 25.8. The van der Waals surface area contributed by atoms with Gasteiger partial charge in [-0.1, -0.05) is 30.3 Å². The van der Waals surface area contributed by atoms with Crippen molar-refractivity contribution in [2.24, 2.45) is 5.92 Å². The average Bonchev–Trinajstić information content (AvgIpc) is 2.95. The van der Waals surface area contributed by atoms with E-state index in [1.807, 2.05) is 11.8 Å². The summed E-state index contributed by atoms with van der Waals surface area (Å²) in [6, 6.07) is 11.7. The highest BCUT2D eigenvalue weighted by Crippen LogP contribution is 2.22. The maximum absolute atomic E-state index is 3.58. The van der Waals surface area contributed by atoms with Crippen molar-refractivity contribution < 1.29 is 0 Å². The van der Waals surface area contributed by atoms with Gasteiger partial charge in [0.15, 0.2) is 0 Å². The highest BCUT2D eigenvalue weighted by atomic mass is 32.2. The maximum atomic E-state index is 3.58. The quantitative estimate of drug-likeness (QED) is 0.910. The molecule has 0 aliphatic carbocycles. The third kappa shape index (κ3) is 3.98. The van der Waals surface area contributed by atoms with Crippen LogP contribution in [-0.4, -0.2) is 42.2 Å². The van der Waals surface area contributed by atoms with Crippen LogP contribution in [0.2, 0.25) is 0 Å². The lowest BCUT2D eigenvalue weighted by molar-refractivity contribution is 0.174. The number of hydrogen-bond acceptors (Lipinski definition) is 3. The van der Waals surface area contributed by atoms with Crippen LogP contribution in [0.3, 0.4) is 0 Å². The van der Waals surface area contributed by atoms with Crippen molar-refractivity contribution in [3.05, 3.63) is 35.9 Å². The number of rotatable bonds is 4. The number of benzene rings is 1. The summed E-state index contributed by atoms with van der Waals surface area (Å²) in [5.41, 5.74) is 1.51. The van der Waals surface area contributed by atoms with E-state index in [1.54, 1.807) is 0 Å². The van der Waals surface area contributed by atoms with Gasteiger partial charge in [-0.15, -0.1) is 11.8 Å². The van der Waals surface area contributed by atoms with Crippen molar-refractivity contribution in [3.63, 3.8) is 0 Å². The summed E-state index contributed by atoms with van der Waals surface area (Å²) >= 11 is 2.04. The smallest absolute Gasteiger partial charge is 0.0421 e. The molecule has 2 aliphatic heterocycles. The third-order valence-electron chi connectivity index (χ3n) is 4.35. The van der Waals surface area contributed by atoms with Crippen LogP contribution in [0.5, 0.6) is 0 Å². The standard InChI is InChI=1S/C16H24N2S/c1-2-4-14(5-3-1)10-15-6-8-18(9-7-15)11-16-12-19-13-17-16/h1-5,15-17H,6-13H2. The lowest BCUT2D eigenvalue weighted by Gasteiger charge is -2.33. The summed E-state index contributed by atoms with van der Waals surface area (Å²) < 4.78 is 0. The molecule has 2 aliphatic rings. The number of hydrogen-bond donors (Lipinski definition) is 1. The molecule has 0 bridgehead atoms. The fraction of sp³-hybridized carbons (Fsp3) is 0.625. The lowest BCUT2D eigenvalue weighted by atomic mass is 9.90. The number of nitrogens with one attached hydrogen (secondary N) is 1. The van der Waals surface area contributed by atoms with Crippen LogP contribution in [0.1, 0.15) is 18.4 Å². The van der Waals surface area contributed by atoms with E-state index in [9.17, 15) is 0 Å². The van der Waals surface area contributed by atoms with Crippen LogP contribution in [0.4, 0.5) is 0 Å². The minimum atomic E-state index is 0.732. The molecule has 104 valence electrons. The molecular formula is C16H24N2S. The molecule has 1 unspecified atom stereocenters. The second kappa shape index (κ2) is 6.78. The first-order chi connectivity index (χ1) is 9.40. The van der Waals surface area contributed by atoms with Crippen LogP contribution in [0.15, 0.2) is 30.3 Å². The maximum Gasteiger partial charge on any atom is 0.0421 e. The second-order valence-corrected chi connectivity index (χ2v) is 6.88. The zero-order valence-electron chi connectivity index (χ0n) is 11.6. The monoisotopic (exact) mass is 276 g/mol. The predicted molar refractivity (Wildman–Crippen MR) is 83.6 cm³/mol. The molecule has 2 fully saturated rings. The minimum Gasteiger partial charge on any atom is -0.303 e. The molecule has 0 aromatic heterocycles. The van der Waals surface area contributed by atoms with Gasteiger partial charge in [0.05, 0.1) is 0 Å². The Balaban J connectivity index is 1.41. The Hall–Kier alpha value is -0.510. The molecule has 2 heterocycles. The van der Waals surface area contributed by atoms with E-state index in [0.29, 0.717) is 0 Å². The van der Waals surface area contributed by atoms with E-state index in [1.165, 1.54) is 50.2 Å². The van der Waals surface area contributed by atoms with Gasteiger partial charge in [0.2, 0.25) is 0 Å². The van der Waals surface area contributed by atoms with Gasteiger partial charge in [-0.25, -0.2) is 0 Å². The summed E-state index contributed by atoms with van der Waals surface area (Å²) in [4.78, 5) is 2.66. The SMILES string of the molecule is c1ccc(CC2CCN(CC3CSCN3)CC2)cc1. The Labute approximate surface area is 121 Å². The van der Waals surface area contributed by atoms with Crippen LogP contribution in [0, 0.1) is 5.92 Å². The molecule has 1 aromatic carbocycles. The van der Waals surface area contributed by atoms with Crippen molar-refractivity contribution in [1.82, 2.24) is 10.2 Å². The topological polar surface area (TPSA) is 15.3 Å². The number of thioether (sulfide) groups is 1. The van der Waals surface area contributed by atoms with Crippen molar-refractivity contribution in [1.29, 1.82) is 0 Å². The van der Waals surface area contributed by atoms with Gasteiger partial charge in [0.1, 0.15) is 0 Å². The first-order valence-electron chi connectivity index (χ1n) is 7.47. The zero-order chi connectivity index (χ0) is 12.9. The van der Waals surface area contributed by atoms with Gasteiger partial charge in [-0.3, -0.25) is 0 Å². The summed E-state index contributed by atoms with van der Waals surface area (Å²) in [5.74, 6) is 3.34. The van der Waals surface area contributed by atoms with E-state index >= 15 is 0 Å². The van der Waals surface area contributed by atoms with E-state index in [2.05, 4.69) is 40.5 Å². The van der Waals surface area contributed by atoms with E-state index < -0.39 is 0 Å². The molecule has 2 nitrogen and oxygen atoms in total. The van der Waals surface area contributed by atoms with Crippen molar-refractivity contribution in [3.8, 4) is 0 Å². The Bertz CT molecular complexity index is 368. The molecule has 2 saturated heterocycles. The van der Waals surface area contributed by atoms with Gasteiger partial charge < -0.3 is 10.2 Å². The molecular weight excluding hydrogens is 252 g/mol. The van der Waals surface area contributed by atoms with Crippen molar-refractivity contribution in [2.75, 3.05) is 31.3 Å². The fourth-order valence-electron chi connectivity index (χ4n) is 3.19. The Morgan fingerprint density at radius 1 is 1.16 bits per heavy atom. The van der Waals surface area contributed by atoms with Gasteiger partial charge in [0, 0.05) is 24.2 Å². The largest absolute Gasteiger partial charge is 0.303 e. The fourth-order valence-corrected chi connectivity index (χ4v) is 4.17. The van der Waals surface area contributed by atoms with Crippen molar-refractivity contribution in [2.45, 2.75) is 25.3 Å². The van der Waals surface area contributed by atoms with Gasteiger partial charge in [-0.2, -0.15) is 0 Å². The second-order valence-electron chi connectivity index (χ2n) is 5.85. The zero-order valence-corrected chi connectivity index (χ0v) is 12.4. The lowest BCUT2D eigenvalue weighted by Crippen LogP contribution is -2.43. The third-order valence-corrected chi connectivity index (χ3v) is 5.35.